The molecular formula is C15H27NO3. The summed E-state index contributed by atoms with van der Waals surface area (Å²) < 4.78 is 10.9. The van der Waals surface area contributed by atoms with Gasteiger partial charge in [-0.2, -0.15) is 0 Å². The molecule has 0 aromatic rings. The van der Waals surface area contributed by atoms with Crippen LogP contribution < -0.4 is 5.32 Å². The van der Waals surface area contributed by atoms with E-state index in [4.69, 9.17) is 9.47 Å². The van der Waals surface area contributed by atoms with Crippen LogP contribution in [0.15, 0.2) is 0 Å². The Labute approximate surface area is 116 Å². The highest BCUT2D eigenvalue weighted by atomic mass is 16.5. The van der Waals surface area contributed by atoms with Crippen molar-refractivity contribution < 1.29 is 14.3 Å². The van der Waals surface area contributed by atoms with Gasteiger partial charge in [-0.1, -0.05) is 32.1 Å². The van der Waals surface area contributed by atoms with Gasteiger partial charge in [-0.25, -0.2) is 0 Å². The van der Waals surface area contributed by atoms with Crippen LogP contribution in [0.3, 0.4) is 0 Å². The van der Waals surface area contributed by atoms with E-state index in [9.17, 15) is 4.79 Å². The minimum atomic E-state index is -0.0413. The van der Waals surface area contributed by atoms with Crippen LogP contribution in [0.2, 0.25) is 0 Å². The summed E-state index contributed by atoms with van der Waals surface area (Å²) in [4.78, 5) is 11.5. The molecule has 2 atom stereocenters. The topological polar surface area (TPSA) is 47.6 Å². The van der Waals surface area contributed by atoms with Crippen molar-refractivity contribution in [1.29, 1.82) is 0 Å². The lowest BCUT2D eigenvalue weighted by atomic mass is 9.99. The van der Waals surface area contributed by atoms with Gasteiger partial charge < -0.3 is 9.47 Å². The molecule has 110 valence electrons. The van der Waals surface area contributed by atoms with E-state index < -0.39 is 0 Å². The number of ether oxygens (including phenoxy) is 2. The number of cyclic esters (lactones) is 1. The Morgan fingerprint density at radius 2 is 1.79 bits per heavy atom. The molecule has 0 spiro atoms. The fourth-order valence-electron chi connectivity index (χ4n) is 2.92. The van der Waals surface area contributed by atoms with Crippen LogP contribution in [-0.4, -0.2) is 31.5 Å². The molecule has 0 amide bonds. The second kappa shape index (κ2) is 8.54. The van der Waals surface area contributed by atoms with Gasteiger partial charge in [0.15, 0.2) is 0 Å². The maximum Gasteiger partial charge on any atom is 0.305 e. The summed E-state index contributed by atoms with van der Waals surface area (Å²) in [5.41, 5.74) is 0. The number of carbonyl (C=O) groups excluding carboxylic acids is 1. The third kappa shape index (κ3) is 5.91. The zero-order valence-corrected chi connectivity index (χ0v) is 11.9. The van der Waals surface area contributed by atoms with Crippen LogP contribution in [0.25, 0.3) is 0 Å². The van der Waals surface area contributed by atoms with E-state index in [2.05, 4.69) is 5.32 Å². The van der Waals surface area contributed by atoms with Crippen molar-refractivity contribution in [1.82, 2.24) is 5.32 Å². The van der Waals surface area contributed by atoms with E-state index in [1.807, 2.05) is 0 Å². The van der Waals surface area contributed by atoms with Crippen molar-refractivity contribution >= 4 is 5.97 Å². The van der Waals surface area contributed by atoms with Crippen LogP contribution in [0.4, 0.5) is 0 Å². The summed E-state index contributed by atoms with van der Waals surface area (Å²) in [7, 11) is 0. The first-order valence-corrected chi connectivity index (χ1v) is 7.85. The number of rotatable bonds is 0. The van der Waals surface area contributed by atoms with Gasteiger partial charge in [-0.15, -0.1) is 0 Å². The van der Waals surface area contributed by atoms with E-state index in [0.717, 1.165) is 25.7 Å². The smallest absolute Gasteiger partial charge is 0.305 e. The summed E-state index contributed by atoms with van der Waals surface area (Å²) >= 11 is 0. The fraction of sp³-hybridized carbons (Fsp3) is 0.933. The van der Waals surface area contributed by atoms with E-state index in [-0.39, 0.29) is 12.1 Å². The van der Waals surface area contributed by atoms with Crippen molar-refractivity contribution in [3.8, 4) is 0 Å². The van der Waals surface area contributed by atoms with Crippen LogP contribution in [-0.2, 0) is 14.3 Å². The molecule has 2 heterocycles. The van der Waals surface area contributed by atoms with E-state index >= 15 is 0 Å². The first kappa shape index (κ1) is 14.8. The van der Waals surface area contributed by atoms with Gasteiger partial charge in [0.1, 0.15) is 0 Å². The monoisotopic (exact) mass is 269 g/mol. The molecule has 2 fully saturated rings. The molecule has 0 aromatic carbocycles. The molecule has 0 radical (unpaired) electrons. The number of carbonyl (C=O) groups is 1. The maximum absolute atomic E-state index is 11.5. The molecule has 1 N–H and O–H groups in total. The van der Waals surface area contributed by atoms with Gasteiger partial charge in [0.2, 0.25) is 0 Å². The summed E-state index contributed by atoms with van der Waals surface area (Å²) in [6.45, 7) is 1.15. The molecule has 0 aliphatic carbocycles. The molecule has 2 saturated heterocycles. The SMILES string of the molecule is O=C1CCCCCCCC[C@@H]2C[C@H](CCO1)OCN2. The highest BCUT2D eigenvalue weighted by molar-refractivity contribution is 5.69. The molecular weight excluding hydrogens is 242 g/mol. The number of hydrogen-bond acceptors (Lipinski definition) is 4. The van der Waals surface area contributed by atoms with Crippen molar-refractivity contribution in [3.63, 3.8) is 0 Å². The van der Waals surface area contributed by atoms with Crippen LogP contribution in [0.5, 0.6) is 0 Å². The Morgan fingerprint density at radius 1 is 1.00 bits per heavy atom. The second-order valence-electron chi connectivity index (χ2n) is 5.74. The molecule has 0 aromatic heterocycles. The van der Waals surface area contributed by atoms with Gasteiger partial charge in [0, 0.05) is 18.9 Å². The Kier molecular flexibility index (Phi) is 6.65. The average Bonchev–Trinajstić information content (AvgIpc) is 2.42. The van der Waals surface area contributed by atoms with Gasteiger partial charge in [-0.05, 0) is 19.3 Å². The first-order valence-electron chi connectivity index (χ1n) is 7.85. The summed E-state index contributed by atoms with van der Waals surface area (Å²) in [6, 6.07) is 0.583. The summed E-state index contributed by atoms with van der Waals surface area (Å²) in [5, 5.41) is 3.42. The molecule has 0 saturated carbocycles. The van der Waals surface area contributed by atoms with Gasteiger partial charge in [0.25, 0.3) is 0 Å². The highest BCUT2D eigenvalue weighted by Crippen LogP contribution is 2.18. The average molecular weight is 269 g/mol. The molecule has 2 aliphatic heterocycles. The van der Waals surface area contributed by atoms with E-state index in [1.165, 1.54) is 32.1 Å². The van der Waals surface area contributed by atoms with Crippen LogP contribution >= 0.6 is 0 Å². The third-order valence-electron chi connectivity index (χ3n) is 4.12. The zero-order valence-electron chi connectivity index (χ0n) is 11.9. The lowest BCUT2D eigenvalue weighted by molar-refractivity contribution is -0.145. The Balaban J connectivity index is 1.78. The standard InChI is InChI=1S/C15H27NO3/c17-15-8-6-4-2-1-3-5-7-13-11-14(9-10-18-15)19-12-16-13/h13-14,16H,1-12H2/t13-,14+/m1/s1. The quantitative estimate of drug-likeness (QED) is 0.687. The molecule has 0 unspecified atom stereocenters. The van der Waals surface area contributed by atoms with Crippen molar-refractivity contribution in [2.45, 2.75) is 76.4 Å². The molecule has 19 heavy (non-hydrogen) atoms. The van der Waals surface area contributed by atoms with E-state index in [1.54, 1.807) is 0 Å². The van der Waals surface area contributed by atoms with Gasteiger partial charge in [-0.3, -0.25) is 10.1 Å². The predicted octanol–water partition coefficient (Wildman–Crippen LogP) is 2.76. The molecule has 2 aliphatic rings. The molecule has 4 heteroatoms. The van der Waals surface area contributed by atoms with Crippen LogP contribution in [0, 0.1) is 0 Å². The number of hydrogen-bond donors (Lipinski definition) is 1. The molecule has 2 rings (SSSR count). The summed E-state index contributed by atoms with van der Waals surface area (Å²) in [5.74, 6) is -0.0413. The number of esters is 1. The third-order valence-corrected chi connectivity index (χ3v) is 4.12. The largest absolute Gasteiger partial charge is 0.466 e. The van der Waals surface area contributed by atoms with Gasteiger partial charge >= 0.3 is 5.97 Å². The normalized spacial score (nSPS) is 31.9. The minimum absolute atomic E-state index is 0.0413. The van der Waals surface area contributed by atoms with E-state index in [0.29, 0.717) is 25.8 Å². The maximum atomic E-state index is 11.5. The first-order chi connectivity index (χ1) is 9.34. The second-order valence-corrected chi connectivity index (χ2v) is 5.74. The van der Waals surface area contributed by atoms with Crippen molar-refractivity contribution in [3.05, 3.63) is 0 Å². The highest BCUT2D eigenvalue weighted by Gasteiger charge is 2.22. The Hall–Kier alpha value is -0.610. The molecule has 2 bridgehead atoms. The van der Waals surface area contributed by atoms with Crippen molar-refractivity contribution in [2.24, 2.45) is 0 Å². The summed E-state index contributed by atoms with van der Waals surface area (Å²) in [6.07, 6.45) is 11.3. The Morgan fingerprint density at radius 3 is 2.68 bits per heavy atom. The van der Waals surface area contributed by atoms with Crippen molar-refractivity contribution in [2.75, 3.05) is 13.3 Å². The predicted molar refractivity (Wildman–Crippen MR) is 73.8 cm³/mol. The molecule has 4 nitrogen and oxygen atoms in total. The lowest BCUT2D eigenvalue weighted by Gasteiger charge is -2.30. The number of fused-ring (bicyclic) bond motifs is 2. The van der Waals surface area contributed by atoms with Crippen LogP contribution in [0.1, 0.15) is 64.2 Å². The van der Waals surface area contributed by atoms with Gasteiger partial charge in [0.05, 0.1) is 19.4 Å². The Bertz CT molecular complexity index is 270. The zero-order chi connectivity index (χ0) is 13.3. The minimum Gasteiger partial charge on any atom is -0.466 e. The fourth-order valence-corrected chi connectivity index (χ4v) is 2.92. The number of nitrogens with one attached hydrogen (secondary N) is 1. The lowest BCUT2D eigenvalue weighted by Crippen LogP contribution is -2.42.